The van der Waals surface area contributed by atoms with Crippen LogP contribution >= 0.6 is 0 Å². The van der Waals surface area contributed by atoms with Crippen molar-refractivity contribution in [1.29, 1.82) is 0 Å². The number of para-hydroxylation sites is 1. The largest absolute Gasteiger partial charge is 0.428 e. The Bertz CT molecular complexity index is 696. The van der Waals surface area contributed by atoms with Gasteiger partial charge in [0.1, 0.15) is 5.92 Å². The molecule has 200 valence electrons. The zero-order chi connectivity index (χ0) is 27.1. The number of nitrogens with zero attached hydrogens (tertiary/aromatic N) is 1. The predicted molar refractivity (Wildman–Crippen MR) is 130 cm³/mol. The number of amides is 2. The molecule has 1 aromatic rings. The van der Waals surface area contributed by atoms with Gasteiger partial charge < -0.3 is 24.4 Å². The molecule has 35 heavy (non-hydrogen) atoms. The number of hydrazine groups is 1. The number of hydrogen-bond acceptors (Lipinski definition) is 9. The van der Waals surface area contributed by atoms with Crippen molar-refractivity contribution >= 4 is 29.4 Å². The Kier molecular flexibility index (Phi) is 22.2. The summed E-state index contributed by atoms with van der Waals surface area (Å²) in [6.07, 6.45) is 2.51. The number of esters is 2. The van der Waals surface area contributed by atoms with E-state index in [0.717, 1.165) is 26.1 Å². The van der Waals surface area contributed by atoms with Crippen LogP contribution in [0.3, 0.4) is 0 Å². The van der Waals surface area contributed by atoms with Gasteiger partial charge in [-0.1, -0.05) is 38.0 Å². The molecule has 1 atom stereocenters. The summed E-state index contributed by atoms with van der Waals surface area (Å²) in [5.41, 5.74) is 3.34. The lowest BCUT2D eigenvalue weighted by molar-refractivity contribution is -0.164. The number of unbranched alkanes of at least 4 members (excludes halogenated alkanes) is 1. The molecule has 1 aliphatic rings. The van der Waals surface area contributed by atoms with Crippen molar-refractivity contribution in [2.24, 2.45) is 5.92 Å². The average Bonchev–Trinajstić information content (AvgIpc) is 3.12. The molecule has 11 heteroatoms. The second-order valence-electron chi connectivity index (χ2n) is 6.80. The van der Waals surface area contributed by atoms with E-state index in [4.69, 9.17) is 14.9 Å². The zero-order valence-electron chi connectivity index (χ0n) is 21.3. The average molecular weight is 501 g/mol. The standard InChI is InChI=1S/C13H16N2O2.C5H8O4.C4H10O.C2H6O2/c1-2-3-9-11-12(16)14-15(13(11)17)10-7-5-4-6-8-10;1-4(6)8-3-9-5(2)7;1-3-5-4-2;3-1-2-4/h4-8,11H,2-3,9H2,1H3,(H,14,16);3H2,1-2H3;3-4H2,1-2H3;3-4H,1-2H2. The van der Waals surface area contributed by atoms with Crippen LogP contribution in [0.2, 0.25) is 0 Å². The van der Waals surface area contributed by atoms with Gasteiger partial charge in [-0.2, -0.15) is 0 Å². The van der Waals surface area contributed by atoms with E-state index in [1.807, 2.05) is 39.0 Å². The van der Waals surface area contributed by atoms with Crippen LogP contribution in [-0.2, 0) is 33.4 Å². The summed E-state index contributed by atoms with van der Waals surface area (Å²) >= 11 is 0. The first-order chi connectivity index (χ1) is 16.7. The van der Waals surface area contributed by atoms with E-state index in [0.29, 0.717) is 12.1 Å². The number of ether oxygens (including phenoxy) is 3. The van der Waals surface area contributed by atoms with Gasteiger partial charge in [-0.3, -0.25) is 24.6 Å². The summed E-state index contributed by atoms with van der Waals surface area (Å²) < 4.78 is 13.4. The molecule has 1 fully saturated rings. The Labute approximate surface area is 207 Å². The first-order valence-electron chi connectivity index (χ1n) is 11.5. The van der Waals surface area contributed by atoms with Crippen molar-refractivity contribution in [2.45, 2.75) is 53.9 Å². The molecular weight excluding hydrogens is 460 g/mol. The fraction of sp³-hybridized carbons (Fsp3) is 0.583. The number of aliphatic hydroxyl groups excluding tert-OH is 2. The Morgan fingerprint density at radius 3 is 1.83 bits per heavy atom. The van der Waals surface area contributed by atoms with E-state index >= 15 is 0 Å². The molecule has 0 spiro atoms. The molecule has 1 aliphatic heterocycles. The lowest BCUT2D eigenvalue weighted by atomic mass is 10.0. The van der Waals surface area contributed by atoms with Crippen molar-refractivity contribution in [3.63, 3.8) is 0 Å². The molecule has 1 aromatic carbocycles. The summed E-state index contributed by atoms with van der Waals surface area (Å²) in [7, 11) is 0. The smallest absolute Gasteiger partial charge is 0.305 e. The van der Waals surface area contributed by atoms with Crippen molar-refractivity contribution in [1.82, 2.24) is 5.43 Å². The Morgan fingerprint density at radius 2 is 1.46 bits per heavy atom. The van der Waals surface area contributed by atoms with E-state index in [2.05, 4.69) is 14.9 Å². The maximum absolute atomic E-state index is 12.1. The van der Waals surface area contributed by atoms with Gasteiger partial charge >= 0.3 is 11.9 Å². The van der Waals surface area contributed by atoms with E-state index in [-0.39, 0.29) is 31.8 Å². The van der Waals surface area contributed by atoms with Crippen molar-refractivity contribution in [2.75, 3.05) is 38.2 Å². The van der Waals surface area contributed by atoms with E-state index in [9.17, 15) is 19.2 Å². The number of hydrogen-bond donors (Lipinski definition) is 3. The summed E-state index contributed by atoms with van der Waals surface area (Å²) in [4.78, 5) is 43.8. The number of rotatable bonds is 9. The summed E-state index contributed by atoms with van der Waals surface area (Å²) in [5, 5.41) is 16.6. The van der Waals surface area contributed by atoms with E-state index in [1.54, 1.807) is 12.1 Å². The lowest BCUT2D eigenvalue weighted by Gasteiger charge is -2.14. The van der Waals surface area contributed by atoms with E-state index in [1.165, 1.54) is 18.9 Å². The van der Waals surface area contributed by atoms with Crippen LogP contribution in [0.1, 0.15) is 53.9 Å². The van der Waals surface area contributed by atoms with Crippen LogP contribution in [0.5, 0.6) is 0 Å². The first-order valence-corrected chi connectivity index (χ1v) is 11.5. The third kappa shape index (κ3) is 18.0. The molecule has 0 aliphatic carbocycles. The number of carbonyl (C=O) groups is 4. The fourth-order valence-corrected chi connectivity index (χ4v) is 2.34. The Balaban J connectivity index is 0. The predicted octanol–water partition coefficient (Wildman–Crippen LogP) is 1.95. The van der Waals surface area contributed by atoms with Gasteiger partial charge in [-0.05, 0) is 32.4 Å². The zero-order valence-corrected chi connectivity index (χ0v) is 21.3. The highest BCUT2D eigenvalue weighted by Crippen LogP contribution is 2.22. The minimum atomic E-state index is -0.518. The van der Waals surface area contributed by atoms with Crippen molar-refractivity contribution in [3.8, 4) is 0 Å². The molecule has 0 bridgehead atoms. The molecule has 0 saturated carbocycles. The highest BCUT2D eigenvalue weighted by Gasteiger charge is 2.39. The Hall–Kier alpha value is -3.02. The topological polar surface area (TPSA) is 152 Å². The minimum absolute atomic E-state index is 0.125. The highest BCUT2D eigenvalue weighted by atomic mass is 16.7. The van der Waals surface area contributed by atoms with E-state index < -0.39 is 17.9 Å². The van der Waals surface area contributed by atoms with Crippen molar-refractivity contribution in [3.05, 3.63) is 30.3 Å². The number of carbonyl (C=O) groups excluding carboxylic acids is 4. The number of aliphatic hydroxyl groups is 2. The maximum Gasteiger partial charge on any atom is 0.305 e. The molecule has 11 nitrogen and oxygen atoms in total. The Morgan fingerprint density at radius 1 is 0.943 bits per heavy atom. The first kappa shape index (κ1) is 34.1. The van der Waals surface area contributed by atoms with Gasteiger partial charge in [0.05, 0.1) is 18.9 Å². The SMILES string of the molecule is CC(=O)OCOC(C)=O.CCCCC1C(=O)NN(c2ccccc2)C1=O.CCOCC.OCCO. The minimum Gasteiger partial charge on any atom is -0.428 e. The van der Waals surface area contributed by atoms with Gasteiger partial charge in [0.25, 0.3) is 11.8 Å². The lowest BCUT2D eigenvalue weighted by Crippen LogP contribution is -2.35. The van der Waals surface area contributed by atoms with Gasteiger partial charge in [-0.25, -0.2) is 5.01 Å². The quantitative estimate of drug-likeness (QED) is 0.262. The second-order valence-corrected chi connectivity index (χ2v) is 6.80. The van der Waals surface area contributed by atoms with Gasteiger partial charge in [-0.15, -0.1) is 0 Å². The normalized spacial score (nSPS) is 13.7. The molecule has 2 rings (SSSR count). The van der Waals surface area contributed by atoms with Gasteiger partial charge in [0.15, 0.2) is 0 Å². The van der Waals surface area contributed by atoms with Crippen LogP contribution < -0.4 is 10.4 Å². The summed E-state index contributed by atoms with van der Waals surface area (Å²) in [6.45, 7) is 9.66. The van der Waals surface area contributed by atoms with Crippen LogP contribution in [0.4, 0.5) is 5.69 Å². The molecule has 1 saturated heterocycles. The molecule has 0 aromatic heterocycles. The van der Waals surface area contributed by atoms with Crippen LogP contribution in [-0.4, -0.2) is 67.2 Å². The molecule has 1 unspecified atom stereocenters. The van der Waals surface area contributed by atoms with Crippen molar-refractivity contribution < 1.29 is 43.6 Å². The third-order valence-corrected chi connectivity index (χ3v) is 3.95. The number of anilines is 1. The number of nitrogens with one attached hydrogen (secondary N) is 1. The third-order valence-electron chi connectivity index (χ3n) is 3.95. The molecule has 3 N–H and O–H groups in total. The molecular formula is C24H40N2O9. The monoisotopic (exact) mass is 500 g/mol. The number of benzene rings is 1. The molecule has 0 radical (unpaired) electrons. The van der Waals surface area contributed by atoms with Gasteiger partial charge in [0.2, 0.25) is 6.79 Å². The van der Waals surface area contributed by atoms with Crippen LogP contribution in [0.25, 0.3) is 0 Å². The fourth-order valence-electron chi connectivity index (χ4n) is 2.34. The summed E-state index contributed by atoms with van der Waals surface area (Å²) in [5.74, 6) is -1.77. The van der Waals surface area contributed by atoms with Crippen LogP contribution in [0, 0.1) is 5.92 Å². The molecule has 2 amide bonds. The maximum atomic E-state index is 12.1. The van der Waals surface area contributed by atoms with Gasteiger partial charge in [0, 0.05) is 27.1 Å². The second kappa shape index (κ2) is 22.8. The molecule has 1 heterocycles. The van der Waals surface area contributed by atoms with Crippen LogP contribution in [0.15, 0.2) is 30.3 Å². The highest BCUT2D eigenvalue weighted by molar-refractivity contribution is 6.14. The summed E-state index contributed by atoms with van der Waals surface area (Å²) in [6, 6.07) is 9.17.